The molecule has 0 aromatic heterocycles. The quantitative estimate of drug-likeness (QED) is 0.874. The molecule has 1 fully saturated rings. The van der Waals surface area contributed by atoms with E-state index < -0.39 is 5.82 Å². The lowest BCUT2D eigenvalue weighted by Crippen LogP contribution is -2.41. The first-order chi connectivity index (χ1) is 10.1. The van der Waals surface area contributed by atoms with Gasteiger partial charge >= 0.3 is 0 Å². The van der Waals surface area contributed by atoms with Crippen molar-refractivity contribution >= 4 is 17.7 Å². The molecule has 0 aliphatic carbocycles. The van der Waals surface area contributed by atoms with Gasteiger partial charge in [0.2, 0.25) is 5.91 Å². The van der Waals surface area contributed by atoms with Crippen LogP contribution in [0.3, 0.4) is 0 Å². The van der Waals surface area contributed by atoms with Gasteiger partial charge in [-0.25, -0.2) is 4.39 Å². The highest BCUT2D eigenvalue weighted by Gasteiger charge is 2.18. The minimum Gasteiger partial charge on any atom is -0.494 e. The number of ether oxygens (including phenoxy) is 1. The van der Waals surface area contributed by atoms with Crippen LogP contribution < -0.4 is 15.4 Å². The van der Waals surface area contributed by atoms with Gasteiger partial charge in [0.1, 0.15) is 0 Å². The number of carbonyl (C=O) groups excluding carboxylic acids is 1. The standard InChI is InChI=1S/C15H21FN2O2S/c1-10(11-3-4-14(20-2)13(16)7-11)18-15(19)8-12-9-21-6-5-17-12/h3-4,7,10,12,17H,5-6,8-9H2,1-2H3,(H,18,19). The molecule has 6 heteroatoms. The van der Waals surface area contributed by atoms with Crippen LogP contribution in [0.5, 0.6) is 5.75 Å². The lowest BCUT2D eigenvalue weighted by molar-refractivity contribution is -0.122. The first kappa shape index (κ1) is 16.1. The number of benzene rings is 1. The van der Waals surface area contributed by atoms with Crippen molar-refractivity contribution in [1.82, 2.24) is 10.6 Å². The summed E-state index contributed by atoms with van der Waals surface area (Å²) in [5, 5.41) is 6.24. The molecule has 0 spiro atoms. The van der Waals surface area contributed by atoms with Crippen LogP contribution in [0.25, 0.3) is 0 Å². The molecular formula is C15H21FN2O2S. The monoisotopic (exact) mass is 312 g/mol. The predicted molar refractivity (Wildman–Crippen MR) is 83.2 cm³/mol. The molecule has 0 bridgehead atoms. The Labute approximate surface area is 128 Å². The van der Waals surface area contributed by atoms with E-state index in [0.717, 1.165) is 23.6 Å². The van der Waals surface area contributed by atoms with Gasteiger partial charge < -0.3 is 15.4 Å². The highest BCUT2D eigenvalue weighted by molar-refractivity contribution is 7.99. The van der Waals surface area contributed by atoms with Crippen molar-refractivity contribution in [3.8, 4) is 5.75 Å². The molecule has 1 aromatic carbocycles. The second kappa shape index (κ2) is 7.66. The van der Waals surface area contributed by atoms with Crippen molar-refractivity contribution in [1.29, 1.82) is 0 Å². The molecule has 1 heterocycles. The third kappa shape index (κ3) is 4.61. The Bertz CT molecular complexity index is 493. The summed E-state index contributed by atoms with van der Waals surface area (Å²) in [5.74, 6) is 1.83. The molecule has 1 aliphatic rings. The largest absolute Gasteiger partial charge is 0.494 e. The number of thioether (sulfide) groups is 1. The predicted octanol–water partition coefficient (Wildman–Crippen LogP) is 2.11. The topological polar surface area (TPSA) is 50.4 Å². The Morgan fingerprint density at radius 3 is 3.05 bits per heavy atom. The van der Waals surface area contributed by atoms with Gasteiger partial charge in [0.25, 0.3) is 0 Å². The lowest BCUT2D eigenvalue weighted by Gasteiger charge is -2.23. The van der Waals surface area contributed by atoms with E-state index in [1.807, 2.05) is 18.7 Å². The summed E-state index contributed by atoms with van der Waals surface area (Å²) >= 11 is 1.86. The summed E-state index contributed by atoms with van der Waals surface area (Å²) in [7, 11) is 1.43. The summed E-state index contributed by atoms with van der Waals surface area (Å²) in [6.45, 7) is 2.80. The van der Waals surface area contributed by atoms with Gasteiger partial charge in [0.05, 0.1) is 13.2 Å². The molecule has 0 saturated carbocycles. The van der Waals surface area contributed by atoms with E-state index in [1.165, 1.54) is 13.2 Å². The van der Waals surface area contributed by atoms with E-state index in [1.54, 1.807) is 12.1 Å². The SMILES string of the molecule is COc1ccc(C(C)NC(=O)CC2CSCCN2)cc1F. The third-order valence-corrected chi connectivity index (χ3v) is 4.61. The average Bonchev–Trinajstić information content (AvgIpc) is 2.48. The van der Waals surface area contributed by atoms with Gasteiger partial charge in [-0.05, 0) is 24.6 Å². The van der Waals surface area contributed by atoms with Crippen LogP contribution in [-0.4, -0.2) is 37.1 Å². The molecule has 0 radical (unpaired) electrons. The van der Waals surface area contributed by atoms with Gasteiger partial charge in [0.15, 0.2) is 11.6 Å². The number of nitrogens with one attached hydrogen (secondary N) is 2. The van der Waals surface area contributed by atoms with Crippen molar-refractivity contribution in [3.63, 3.8) is 0 Å². The van der Waals surface area contributed by atoms with Crippen LogP contribution >= 0.6 is 11.8 Å². The van der Waals surface area contributed by atoms with E-state index in [9.17, 15) is 9.18 Å². The van der Waals surface area contributed by atoms with Crippen LogP contribution in [0.15, 0.2) is 18.2 Å². The summed E-state index contributed by atoms with van der Waals surface area (Å²) in [5.41, 5.74) is 0.729. The van der Waals surface area contributed by atoms with Gasteiger partial charge in [-0.15, -0.1) is 0 Å². The fourth-order valence-corrected chi connectivity index (χ4v) is 3.26. The fourth-order valence-electron chi connectivity index (χ4n) is 2.31. The van der Waals surface area contributed by atoms with E-state index in [-0.39, 0.29) is 23.7 Å². The van der Waals surface area contributed by atoms with Crippen LogP contribution in [-0.2, 0) is 4.79 Å². The Kier molecular flexibility index (Phi) is 5.87. The number of amides is 1. The highest BCUT2D eigenvalue weighted by Crippen LogP contribution is 2.22. The minimum absolute atomic E-state index is 0.0151. The molecule has 2 N–H and O–H groups in total. The molecule has 4 nitrogen and oxygen atoms in total. The third-order valence-electron chi connectivity index (χ3n) is 3.48. The molecule has 1 saturated heterocycles. The Morgan fingerprint density at radius 1 is 1.62 bits per heavy atom. The zero-order valence-corrected chi connectivity index (χ0v) is 13.1. The van der Waals surface area contributed by atoms with Gasteiger partial charge in [0, 0.05) is 30.5 Å². The van der Waals surface area contributed by atoms with Gasteiger partial charge in [-0.1, -0.05) is 6.07 Å². The maximum Gasteiger partial charge on any atom is 0.222 e. The normalized spacial score (nSPS) is 19.9. The number of methoxy groups -OCH3 is 1. The van der Waals surface area contributed by atoms with E-state index >= 15 is 0 Å². The van der Waals surface area contributed by atoms with Crippen molar-refractivity contribution < 1.29 is 13.9 Å². The molecular weight excluding hydrogens is 291 g/mol. The molecule has 1 aromatic rings. The van der Waals surface area contributed by atoms with E-state index in [2.05, 4.69) is 10.6 Å². The van der Waals surface area contributed by atoms with Crippen molar-refractivity contribution in [3.05, 3.63) is 29.6 Å². The first-order valence-corrected chi connectivity index (χ1v) is 8.19. The summed E-state index contributed by atoms with van der Waals surface area (Å²) in [6.07, 6.45) is 0.454. The van der Waals surface area contributed by atoms with Crippen molar-refractivity contribution in [2.24, 2.45) is 0 Å². The fraction of sp³-hybridized carbons (Fsp3) is 0.533. The average molecular weight is 312 g/mol. The summed E-state index contributed by atoms with van der Waals surface area (Å²) in [4.78, 5) is 12.0. The second-order valence-corrected chi connectivity index (χ2v) is 6.26. The smallest absolute Gasteiger partial charge is 0.222 e. The first-order valence-electron chi connectivity index (χ1n) is 7.04. The summed E-state index contributed by atoms with van der Waals surface area (Å²) in [6, 6.07) is 4.74. The van der Waals surface area contributed by atoms with E-state index in [0.29, 0.717) is 6.42 Å². The van der Waals surface area contributed by atoms with Crippen LogP contribution in [0.2, 0.25) is 0 Å². The van der Waals surface area contributed by atoms with Crippen LogP contribution in [0.4, 0.5) is 4.39 Å². The van der Waals surface area contributed by atoms with Crippen molar-refractivity contribution in [2.75, 3.05) is 25.2 Å². The number of hydrogen-bond donors (Lipinski definition) is 2. The maximum atomic E-state index is 13.7. The van der Waals surface area contributed by atoms with Crippen molar-refractivity contribution in [2.45, 2.75) is 25.4 Å². The van der Waals surface area contributed by atoms with Gasteiger partial charge in [-0.3, -0.25) is 4.79 Å². The molecule has 21 heavy (non-hydrogen) atoms. The highest BCUT2D eigenvalue weighted by atomic mass is 32.2. The summed E-state index contributed by atoms with van der Waals surface area (Å²) < 4.78 is 18.6. The Balaban J connectivity index is 1.89. The van der Waals surface area contributed by atoms with Gasteiger partial charge in [-0.2, -0.15) is 11.8 Å². The van der Waals surface area contributed by atoms with Crippen LogP contribution in [0.1, 0.15) is 24.9 Å². The molecule has 2 atom stereocenters. The molecule has 116 valence electrons. The van der Waals surface area contributed by atoms with E-state index in [4.69, 9.17) is 4.74 Å². The molecule has 2 rings (SSSR count). The Morgan fingerprint density at radius 2 is 2.43 bits per heavy atom. The molecule has 1 amide bonds. The molecule has 1 aliphatic heterocycles. The molecule has 2 unspecified atom stereocenters. The zero-order chi connectivity index (χ0) is 15.2. The Hall–Kier alpha value is -1.27. The number of carbonyl (C=O) groups is 1. The zero-order valence-electron chi connectivity index (χ0n) is 12.3. The lowest BCUT2D eigenvalue weighted by atomic mass is 10.1. The number of halogens is 1. The van der Waals surface area contributed by atoms with Crippen LogP contribution in [0, 0.1) is 5.82 Å². The maximum absolute atomic E-state index is 13.7. The minimum atomic E-state index is -0.415. The second-order valence-electron chi connectivity index (χ2n) is 5.11. The number of rotatable bonds is 5. The number of hydrogen-bond acceptors (Lipinski definition) is 4.